The molecule has 0 heterocycles. The highest BCUT2D eigenvalue weighted by Gasteiger charge is 2.62. The van der Waals surface area contributed by atoms with Gasteiger partial charge in [-0.15, -0.1) is 0 Å². The van der Waals surface area contributed by atoms with Crippen LogP contribution < -0.4 is 21.7 Å². The van der Waals surface area contributed by atoms with E-state index in [0.717, 1.165) is 65.0 Å². The van der Waals surface area contributed by atoms with Crippen LogP contribution >= 0.6 is 0 Å². The first-order valence-electron chi connectivity index (χ1n) is 19.5. The Morgan fingerprint density at radius 1 is 0.830 bits per heavy atom. The second kappa shape index (κ2) is 17.7. The van der Waals surface area contributed by atoms with Crippen LogP contribution in [0.3, 0.4) is 0 Å². The first-order chi connectivity index (χ1) is 22.3. The molecule has 11 atom stereocenters. The van der Waals surface area contributed by atoms with Crippen molar-refractivity contribution in [2.45, 2.75) is 143 Å². The zero-order valence-electron chi connectivity index (χ0n) is 30.5. The lowest BCUT2D eigenvalue weighted by Gasteiger charge is -2.62. The van der Waals surface area contributed by atoms with Crippen LogP contribution in [-0.2, 0) is 14.6 Å². The molecule has 276 valence electrons. The SMILES string of the molecule is CC(C)[C@@H](CC[C@@H](C)[C@H]1CC[C@H]2[C@@H]3[C@H](O)CC4C[C@@H](NCCCNCCCCNCCCN)CC[C@]4(C)[C@H]3CC[C@]12C)OS(=O)(=O)O. The Hall–Kier alpha value is -0.330. The van der Waals surface area contributed by atoms with Crippen LogP contribution in [0.15, 0.2) is 0 Å². The van der Waals surface area contributed by atoms with E-state index in [0.29, 0.717) is 53.4 Å². The van der Waals surface area contributed by atoms with Gasteiger partial charge in [0.2, 0.25) is 0 Å². The summed E-state index contributed by atoms with van der Waals surface area (Å²) in [5.74, 6) is 3.20. The van der Waals surface area contributed by atoms with Gasteiger partial charge >= 0.3 is 10.4 Å². The van der Waals surface area contributed by atoms with E-state index in [1.165, 1.54) is 57.8 Å². The van der Waals surface area contributed by atoms with Gasteiger partial charge in [0.15, 0.2) is 0 Å². The number of nitrogens with one attached hydrogen (secondary N) is 3. The molecule has 0 saturated heterocycles. The molecule has 0 aromatic rings. The molecule has 10 heteroatoms. The van der Waals surface area contributed by atoms with Gasteiger partial charge in [-0.25, -0.2) is 4.18 Å². The highest BCUT2D eigenvalue weighted by molar-refractivity contribution is 7.80. The molecule has 1 unspecified atom stereocenters. The van der Waals surface area contributed by atoms with Crippen molar-refractivity contribution in [2.24, 2.45) is 58.0 Å². The zero-order chi connectivity index (χ0) is 34.2. The van der Waals surface area contributed by atoms with E-state index >= 15 is 0 Å². The zero-order valence-corrected chi connectivity index (χ0v) is 31.3. The summed E-state index contributed by atoms with van der Waals surface area (Å²) < 4.78 is 37.2. The summed E-state index contributed by atoms with van der Waals surface area (Å²) in [6.45, 7) is 17.4. The molecule has 0 spiro atoms. The van der Waals surface area contributed by atoms with E-state index in [1.807, 2.05) is 13.8 Å². The summed E-state index contributed by atoms with van der Waals surface area (Å²) in [5, 5.41) is 22.8. The third kappa shape index (κ3) is 10.1. The molecule has 4 aliphatic rings. The number of hydrogen-bond acceptors (Lipinski definition) is 8. The monoisotopic (exact) mass is 685 g/mol. The van der Waals surface area contributed by atoms with E-state index in [1.54, 1.807) is 0 Å². The molecule has 0 aromatic carbocycles. The van der Waals surface area contributed by atoms with Crippen molar-refractivity contribution in [1.82, 2.24) is 16.0 Å². The average molecular weight is 685 g/mol. The molecule has 0 amide bonds. The molecule has 0 aromatic heterocycles. The quantitative estimate of drug-likeness (QED) is 0.0720. The molecule has 4 rings (SSSR count). The number of rotatable bonds is 20. The molecule has 0 bridgehead atoms. The van der Waals surface area contributed by atoms with E-state index < -0.39 is 16.5 Å². The molecule has 4 fully saturated rings. The number of hydrogen-bond donors (Lipinski definition) is 6. The van der Waals surface area contributed by atoms with E-state index in [-0.39, 0.29) is 17.4 Å². The summed E-state index contributed by atoms with van der Waals surface area (Å²) in [6, 6.07) is 0.571. The Morgan fingerprint density at radius 2 is 1.47 bits per heavy atom. The summed E-state index contributed by atoms with van der Waals surface area (Å²) in [4.78, 5) is 0. The first kappa shape index (κ1) is 39.5. The molecule has 4 saturated carbocycles. The minimum absolute atomic E-state index is 0.0137. The van der Waals surface area contributed by atoms with E-state index in [9.17, 15) is 18.1 Å². The number of nitrogens with two attached hydrogens (primary N) is 1. The van der Waals surface area contributed by atoms with Crippen molar-refractivity contribution in [3.8, 4) is 0 Å². The summed E-state index contributed by atoms with van der Waals surface area (Å²) in [5.41, 5.74) is 6.08. The summed E-state index contributed by atoms with van der Waals surface area (Å²) >= 11 is 0. The Kier molecular flexibility index (Phi) is 14.9. The molecular weight excluding hydrogens is 612 g/mol. The molecule has 7 N–H and O–H groups in total. The topological polar surface area (TPSA) is 146 Å². The maximum atomic E-state index is 11.8. The van der Waals surface area contributed by atoms with Gasteiger partial charge in [0, 0.05) is 6.04 Å². The van der Waals surface area contributed by atoms with Crippen LogP contribution in [0.1, 0.15) is 125 Å². The largest absolute Gasteiger partial charge is 0.397 e. The normalized spacial score (nSPS) is 36.9. The lowest BCUT2D eigenvalue weighted by molar-refractivity contribution is -0.167. The first-order valence-corrected chi connectivity index (χ1v) is 20.8. The molecule has 0 radical (unpaired) electrons. The Labute approximate surface area is 288 Å². The van der Waals surface area contributed by atoms with Crippen LogP contribution in [0.2, 0.25) is 0 Å². The average Bonchev–Trinajstić information content (AvgIpc) is 3.36. The van der Waals surface area contributed by atoms with Crippen LogP contribution in [0.5, 0.6) is 0 Å². The molecule has 47 heavy (non-hydrogen) atoms. The molecule has 0 aliphatic heterocycles. The minimum atomic E-state index is -4.46. The number of unbranched alkanes of at least 4 members (excludes halogenated alkanes) is 1. The highest BCUT2D eigenvalue weighted by atomic mass is 32.3. The molecular formula is C37H72N4O5S. The van der Waals surface area contributed by atoms with Crippen molar-refractivity contribution >= 4 is 10.4 Å². The fourth-order valence-corrected chi connectivity index (χ4v) is 11.8. The number of aliphatic hydroxyl groups is 1. The standard InChI is InChI=1S/C37H72N4O5S/c1-26(2)34(46-47(43,44)45)13-10-27(3)30-11-12-31-35-32(15-17-37(30,31)5)36(4)16-14-29(24-28(36)25-33(35)42)41-23-9-22-40-20-7-6-19-39-21-8-18-38/h26-35,39-42H,6-25,38H2,1-5H3,(H,43,44,45)/t27-,28?,29+,30-,31+,32+,33-,34-,35+,36+,37-/m1/s1. The van der Waals surface area contributed by atoms with Crippen molar-refractivity contribution < 1.29 is 22.3 Å². The van der Waals surface area contributed by atoms with Gasteiger partial charge in [0.1, 0.15) is 0 Å². The minimum Gasteiger partial charge on any atom is -0.393 e. The van der Waals surface area contributed by atoms with E-state index in [4.69, 9.17) is 9.92 Å². The third-order valence-corrected chi connectivity index (χ3v) is 14.3. The second-order valence-corrected chi connectivity index (χ2v) is 18.1. The van der Waals surface area contributed by atoms with Gasteiger partial charge in [-0.1, -0.05) is 34.6 Å². The fourth-order valence-electron chi connectivity index (χ4n) is 11.2. The molecule has 4 aliphatic carbocycles. The summed E-state index contributed by atoms with van der Waals surface area (Å²) in [6.07, 6.45) is 15.0. The van der Waals surface area contributed by atoms with Crippen LogP contribution in [0.4, 0.5) is 0 Å². The maximum Gasteiger partial charge on any atom is 0.397 e. The van der Waals surface area contributed by atoms with Gasteiger partial charge in [0.25, 0.3) is 0 Å². The van der Waals surface area contributed by atoms with Gasteiger partial charge < -0.3 is 26.8 Å². The molecule has 9 nitrogen and oxygen atoms in total. The Bertz CT molecular complexity index is 1050. The number of fused-ring (bicyclic) bond motifs is 5. The lowest BCUT2D eigenvalue weighted by Crippen LogP contribution is -2.59. The van der Waals surface area contributed by atoms with Crippen LogP contribution in [0.25, 0.3) is 0 Å². The van der Waals surface area contributed by atoms with Crippen molar-refractivity contribution in [1.29, 1.82) is 0 Å². The van der Waals surface area contributed by atoms with Gasteiger partial charge in [-0.2, -0.15) is 8.42 Å². The van der Waals surface area contributed by atoms with Crippen LogP contribution in [-0.4, -0.2) is 75.6 Å². The Balaban J connectivity index is 1.23. The van der Waals surface area contributed by atoms with Crippen molar-refractivity contribution in [2.75, 3.05) is 39.3 Å². The smallest absolute Gasteiger partial charge is 0.393 e. The van der Waals surface area contributed by atoms with Crippen LogP contribution in [0, 0.1) is 52.3 Å². The van der Waals surface area contributed by atoms with Crippen molar-refractivity contribution in [3.05, 3.63) is 0 Å². The van der Waals surface area contributed by atoms with E-state index in [2.05, 4.69) is 36.7 Å². The maximum absolute atomic E-state index is 11.8. The van der Waals surface area contributed by atoms with Crippen molar-refractivity contribution in [3.63, 3.8) is 0 Å². The highest BCUT2D eigenvalue weighted by Crippen LogP contribution is 2.68. The number of aliphatic hydroxyl groups excluding tert-OH is 1. The van der Waals surface area contributed by atoms with Gasteiger partial charge in [0.05, 0.1) is 12.2 Å². The Morgan fingerprint density at radius 3 is 2.13 bits per heavy atom. The van der Waals surface area contributed by atoms with Gasteiger partial charge in [-0.3, -0.25) is 4.55 Å². The van der Waals surface area contributed by atoms with Gasteiger partial charge in [-0.05, 0) is 181 Å². The summed E-state index contributed by atoms with van der Waals surface area (Å²) in [7, 11) is -4.46. The predicted molar refractivity (Wildman–Crippen MR) is 191 cm³/mol. The second-order valence-electron chi connectivity index (χ2n) is 17.0. The third-order valence-electron chi connectivity index (χ3n) is 13.8. The fraction of sp³-hybridized carbons (Fsp3) is 1.00. The predicted octanol–water partition coefficient (Wildman–Crippen LogP) is 5.53. The lowest BCUT2D eigenvalue weighted by atomic mass is 9.43.